The second-order valence-electron chi connectivity index (χ2n) is 11.8. The Bertz CT molecular complexity index is 1970. The van der Waals surface area contributed by atoms with Gasteiger partial charge in [-0.3, -0.25) is 0 Å². The lowest BCUT2D eigenvalue weighted by atomic mass is 9.72. The summed E-state index contributed by atoms with van der Waals surface area (Å²) in [6.45, 7) is 2.43. The molecule has 1 heteroatoms. The predicted octanol–water partition coefficient (Wildman–Crippen LogP) is 11.2. The summed E-state index contributed by atoms with van der Waals surface area (Å²) in [6.07, 6.45) is 1.91. The van der Waals surface area contributed by atoms with Gasteiger partial charge in [0.1, 0.15) is 0 Å². The van der Waals surface area contributed by atoms with Gasteiger partial charge in [0.2, 0.25) is 0 Å². The summed E-state index contributed by atoms with van der Waals surface area (Å²) < 4.78 is 0. The molecule has 0 aliphatic heterocycles. The summed E-state index contributed by atoms with van der Waals surface area (Å²) in [6, 6.07) is 61.6. The molecule has 0 radical (unpaired) electrons. The molecule has 0 saturated heterocycles. The van der Waals surface area contributed by atoms with Crippen molar-refractivity contribution in [2.45, 2.75) is 25.2 Å². The van der Waals surface area contributed by atoms with E-state index in [1.165, 1.54) is 43.9 Å². The molecule has 0 heterocycles. The molecule has 1 atom stereocenters. The first-order valence-corrected chi connectivity index (χ1v) is 15.1. The standard InChI is InChI=1S/C42H35N/c1-42(30-32-14-4-2-5-15-32,31-35-20-12-18-33-16-8-10-23-39(33)35)36-26-28-38(29-27-36)43(37-21-6-3-7-22-37)41-25-13-19-34-17-9-11-24-40(34)41/h2-29H,30-31H2,1H3. The Balaban J connectivity index is 1.32. The van der Waals surface area contributed by atoms with Crippen molar-refractivity contribution in [3.8, 4) is 0 Å². The highest BCUT2D eigenvalue weighted by atomic mass is 15.1. The van der Waals surface area contributed by atoms with Gasteiger partial charge in [-0.1, -0.05) is 146 Å². The molecule has 0 fully saturated rings. The maximum absolute atomic E-state index is 2.43. The lowest BCUT2D eigenvalue weighted by molar-refractivity contribution is 0.467. The molecular weight excluding hydrogens is 518 g/mol. The number of fused-ring (bicyclic) bond motifs is 2. The van der Waals surface area contributed by atoms with E-state index in [4.69, 9.17) is 0 Å². The summed E-state index contributed by atoms with van der Waals surface area (Å²) >= 11 is 0. The highest BCUT2D eigenvalue weighted by molar-refractivity contribution is 5.98. The number of para-hydroxylation sites is 1. The van der Waals surface area contributed by atoms with Gasteiger partial charge in [-0.15, -0.1) is 0 Å². The Morgan fingerprint density at radius 1 is 0.442 bits per heavy atom. The van der Waals surface area contributed by atoms with E-state index in [0.29, 0.717) is 0 Å². The first kappa shape index (κ1) is 26.7. The predicted molar refractivity (Wildman–Crippen MR) is 184 cm³/mol. The molecule has 0 saturated carbocycles. The maximum Gasteiger partial charge on any atom is 0.0540 e. The Kier molecular flexibility index (Phi) is 7.23. The maximum atomic E-state index is 2.43. The largest absolute Gasteiger partial charge is 0.310 e. The number of hydrogen-bond donors (Lipinski definition) is 0. The van der Waals surface area contributed by atoms with Gasteiger partial charge in [0.15, 0.2) is 0 Å². The van der Waals surface area contributed by atoms with Gasteiger partial charge in [0.25, 0.3) is 0 Å². The van der Waals surface area contributed by atoms with Gasteiger partial charge >= 0.3 is 0 Å². The fraction of sp³-hybridized carbons (Fsp3) is 0.0952. The quantitative estimate of drug-likeness (QED) is 0.181. The third kappa shape index (κ3) is 5.43. The Morgan fingerprint density at radius 3 is 1.70 bits per heavy atom. The highest BCUT2D eigenvalue weighted by Gasteiger charge is 2.29. The van der Waals surface area contributed by atoms with Gasteiger partial charge in [-0.25, -0.2) is 0 Å². The van der Waals surface area contributed by atoms with Crippen molar-refractivity contribution in [2.24, 2.45) is 0 Å². The minimum Gasteiger partial charge on any atom is -0.310 e. The van der Waals surface area contributed by atoms with Crippen LogP contribution in [-0.4, -0.2) is 0 Å². The molecule has 7 aromatic rings. The molecule has 0 aliphatic rings. The van der Waals surface area contributed by atoms with Crippen molar-refractivity contribution in [3.05, 3.63) is 187 Å². The third-order valence-corrected chi connectivity index (χ3v) is 8.74. The SMILES string of the molecule is CC(Cc1ccccc1)(Cc1cccc2ccccc12)c1ccc(N(c2ccccc2)c2cccc3ccccc23)cc1. The van der Waals surface area contributed by atoms with E-state index in [2.05, 4.69) is 182 Å². The molecule has 7 aromatic carbocycles. The van der Waals surface area contributed by atoms with Gasteiger partial charge in [0, 0.05) is 22.2 Å². The summed E-state index contributed by atoms with van der Waals surface area (Å²) in [7, 11) is 0. The fourth-order valence-corrected chi connectivity index (χ4v) is 6.60. The van der Waals surface area contributed by atoms with E-state index in [1.54, 1.807) is 0 Å². The lowest BCUT2D eigenvalue weighted by Gasteiger charge is -2.33. The van der Waals surface area contributed by atoms with E-state index in [0.717, 1.165) is 24.2 Å². The van der Waals surface area contributed by atoms with Crippen molar-refractivity contribution in [2.75, 3.05) is 4.90 Å². The Morgan fingerprint density at radius 2 is 0.977 bits per heavy atom. The zero-order chi connectivity index (χ0) is 29.1. The van der Waals surface area contributed by atoms with Crippen molar-refractivity contribution < 1.29 is 0 Å². The molecule has 0 aliphatic carbocycles. The third-order valence-electron chi connectivity index (χ3n) is 8.74. The number of anilines is 3. The average Bonchev–Trinajstić information content (AvgIpc) is 3.06. The van der Waals surface area contributed by atoms with Crippen LogP contribution in [0.1, 0.15) is 23.6 Å². The van der Waals surface area contributed by atoms with Crippen LogP contribution in [0.4, 0.5) is 17.1 Å². The van der Waals surface area contributed by atoms with Gasteiger partial charge in [-0.05, 0) is 76.0 Å². The van der Waals surface area contributed by atoms with Crippen LogP contribution in [0.15, 0.2) is 170 Å². The topological polar surface area (TPSA) is 3.24 Å². The molecule has 43 heavy (non-hydrogen) atoms. The van der Waals surface area contributed by atoms with Crippen LogP contribution in [0.3, 0.4) is 0 Å². The zero-order valence-electron chi connectivity index (χ0n) is 24.5. The van der Waals surface area contributed by atoms with Gasteiger partial charge < -0.3 is 4.90 Å². The minimum absolute atomic E-state index is 0.0962. The molecule has 1 nitrogen and oxygen atoms in total. The van der Waals surface area contributed by atoms with Crippen LogP contribution in [0.5, 0.6) is 0 Å². The van der Waals surface area contributed by atoms with E-state index in [9.17, 15) is 0 Å². The second kappa shape index (κ2) is 11.6. The monoisotopic (exact) mass is 553 g/mol. The Labute approximate surface area is 254 Å². The van der Waals surface area contributed by atoms with Crippen molar-refractivity contribution >= 4 is 38.6 Å². The smallest absolute Gasteiger partial charge is 0.0540 e. The van der Waals surface area contributed by atoms with E-state index >= 15 is 0 Å². The summed E-state index contributed by atoms with van der Waals surface area (Å²) in [5.74, 6) is 0. The zero-order valence-corrected chi connectivity index (χ0v) is 24.5. The highest BCUT2D eigenvalue weighted by Crippen LogP contribution is 2.41. The second-order valence-corrected chi connectivity index (χ2v) is 11.8. The lowest BCUT2D eigenvalue weighted by Crippen LogP contribution is -2.28. The average molecular weight is 554 g/mol. The summed E-state index contributed by atoms with van der Waals surface area (Å²) in [5, 5.41) is 5.11. The molecule has 0 amide bonds. The van der Waals surface area contributed by atoms with Crippen molar-refractivity contribution in [1.82, 2.24) is 0 Å². The van der Waals surface area contributed by atoms with Gasteiger partial charge in [-0.2, -0.15) is 0 Å². The van der Waals surface area contributed by atoms with Crippen molar-refractivity contribution in [1.29, 1.82) is 0 Å². The normalized spacial score (nSPS) is 12.7. The molecule has 0 bridgehead atoms. The van der Waals surface area contributed by atoms with Gasteiger partial charge in [0.05, 0.1) is 5.69 Å². The first-order chi connectivity index (χ1) is 21.2. The first-order valence-electron chi connectivity index (χ1n) is 15.1. The van der Waals surface area contributed by atoms with Crippen LogP contribution in [0, 0.1) is 0 Å². The summed E-state index contributed by atoms with van der Waals surface area (Å²) in [4.78, 5) is 2.38. The number of rotatable bonds is 8. The molecule has 208 valence electrons. The van der Waals surface area contributed by atoms with Crippen LogP contribution in [-0.2, 0) is 18.3 Å². The van der Waals surface area contributed by atoms with Crippen LogP contribution >= 0.6 is 0 Å². The molecule has 1 unspecified atom stereocenters. The van der Waals surface area contributed by atoms with Crippen LogP contribution in [0.2, 0.25) is 0 Å². The van der Waals surface area contributed by atoms with E-state index in [-0.39, 0.29) is 5.41 Å². The molecule has 0 spiro atoms. The van der Waals surface area contributed by atoms with E-state index in [1.807, 2.05) is 0 Å². The molecule has 0 N–H and O–H groups in total. The number of nitrogens with zero attached hydrogens (tertiary/aromatic N) is 1. The number of benzene rings is 7. The fourth-order valence-electron chi connectivity index (χ4n) is 6.60. The van der Waals surface area contributed by atoms with Crippen molar-refractivity contribution in [3.63, 3.8) is 0 Å². The van der Waals surface area contributed by atoms with Crippen LogP contribution in [0.25, 0.3) is 21.5 Å². The number of hydrogen-bond acceptors (Lipinski definition) is 1. The van der Waals surface area contributed by atoms with E-state index < -0.39 is 0 Å². The van der Waals surface area contributed by atoms with Crippen LogP contribution < -0.4 is 4.90 Å². The minimum atomic E-state index is -0.0962. The summed E-state index contributed by atoms with van der Waals surface area (Å²) in [5.41, 5.74) is 7.48. The Hall–Kier alpha value is -5.14. The molecular formula is C42H35N. The molecule has 7 rings (SSSR count). The molecule has 0 aromatic heterocycles.